The quantitative estimate of drug-likeness (QED) is 0.370. The summed E-state index contributed by atoms with van der Waals surface area (Å²) in [6.07, 6.45) is 0. The van der Waals surface area contributed by atoms with Gasteiger partial charge in [-0.3, -0.25) is 9.59 Å². The van der Waals surface area contributed by atoms with Gasteiger partial charge in [-0.05, 0) is 61.2 Å². The van der Waals surface area contributed by atoms with Crippen LogP contribution in [0.15, 0.2) is 69.9 Å². The molecule has 1 amide bonds. The van der Waals surface area contributed by atoms with Crippen molar-refractivity contribution >= 4 is 16.9 Å². The Kier molecular flexibility index (Phi) is 6.72. The van der Waals surface area contributed by atoms with Crippen molar-refractivity contribution in [2.45, 2.75) is 33.4 Å². The summed E-state index contributed by atoms with van der Waals surface area (Å²) >= 11 is 0. The second-order valence-electron chi connectivity index (χ2n) is 9.17. The fourth-order valence-corrected chi connectivity index (χ4v) is 4.98. The van der Waals surface area contributed by atoms with Crippen molar-refractivity contribution in [3.05, 3.63) is 104 Å². The monoisotopic (exact) mass is 499 g/mol. The van der Waals surface area contributed by atoms with E-state index in [1.165, 1.54) is 4.90 Å². The lowest BCUT2D eigenvalue weighted by atomic mass is 9.97. The summed E-state index contributed by atoms with van der Waals surface area (Å²) in [6, 6.07) is 18.2. The molecule has 0 spiro atoms. The normalized spacial score (nSPS) is 14.8. The Balaban J connectivity index is 1.61. The van der Waals surface area contributed by atoms with Crippen LogP contribution in [0.3, 0.4) is 0 Å². The zero-order valence-corrected chi connectivity index (χ0v) is 21.1. The third-order valence-electron chi connectivity index (χ3n) is 6.56. The minimum atomic E-state index is -0.724. The van der Waals surface area contributed by atoms with Gasteiger partial charge < -0.3 is 23.9 Å². The maximum absolute atomic E-state index is 13.8. The third-order valence-corrected chi connectivity index (χ3v) is 6.56. The van der Waals surface area contributed by atoms with E-state index in [4.69, 9.17) is 13.9 Å². The molecule has 0 saturated heterocycles. The van der Waals surface area contributed by atoms with Gasteiger partial charge in [0.25, 0.3) is 5.91 Å². The number of nitrogens with zero attached hydrogens (tertiary/aromatic N) is 1. The van der Waals surface area contributed by atoms with Gasteiger partial charge in [0.05, 0.1) is 30.2 Å². The largest absolute Gasteiger partial charge is 0.490 e. The molecule has 37 heavy (non-hydrogen) atoms. The van der Waals surface area contributed by atoms with Crippen LogP contribution in [0.2, 0.25) is 0 Å². The van der Waals surface area contributed by atoms with E-state index in [1.807, 2.05) is 63.2 Å². The zero-order valence-electron chi connectivity index (χ0n) is 21.1. The van der Waals surface area contributed by atoms with Gasteiger partial charge in [-0.1, -0.05) is 42.5 Å². The van der Waals surface area contributed by atoms with Crippen LogP contribution in [-0.4, -0.2) is 35.7 Å². The Morgan fingerprint density at radius 2 is 1.76 bits per heavy atom. The molecule has 4 aromatic rings. The fraction of sp³-hybridized carbons (Fsp3) is 0.267. The van der Waals surface area contributed by atoms with Crippen molar-refractivity contribution in [3.63, 3.8) is 0 Å². The summed E-state index contributed by atoms with van der Waals surface area (Å²) in [5.74, 6) is 0.669. The summed E-state index contributed by atoms with van der Waals surface area (Å²) in [7, 11) is 0. The molecule has 1 atom stereocenters. The van der Waals surface area contributed by atoms with Gasteiger partial charge in [-0.15, -0.1) is 0 Å². The van der Waals surface area contributed by atoms with E-state index < -0.39 is 11.9 Å². The van der Waals surface area contributed by atoms with Crippen molar-refractivity contribution in [3.8, 4) is 11.5 Å². The van der Waals surface area contributed by atoms with E-state index >= 15 is 0 Å². The average Bonchev–Trinajstić information content (AvgIpc) is 3.17. The molecule has 0 saturated carbocycles. The Morgan fingerprint density at radius 1 is 0.973 bits per heavy atom. The highest BCUT2D eigenvalue weighted by molar-refractivity contribution is 5.99. The first kappa shape index (κ1) is 24.6. The molecule has 5 rings (SSSR count). The lowest BCUT2D eigenvalue weighted by Gasteiger charge is -2.25. The Morgan fingerprint density at radius 3 is 2.49 bits per heavy atom. The molecule has 1 N–H and O–H groups in total. The van der Waals surface area contributed by atoms with Crippen LogP contribution in [0.4, 0.5) is 0 Å². The second-order valence-corrected chi connectivity index (χ2v) is 9.17. The number of aliphatic hydroxyl groups is 1. The molecule has 7 nitrogen and oxygen atoms in total. The molecule has 0 aliphatic carbocycles. The van der Waals surface area contributed by atoms with Gasteiger partial charge >= 0.3 is 0 Å². The highest BCUT2D eigenvalue weighted by Gasteiger charge is 2.42. The standard InChI is InChI=1S/C30H29NO6/c1-4-35-24-16-21(10-11-23(24)36-17-20-8-6-5-7-9-20)26-25-27(33)22-15-18(2)14-19(3)28(22)37-29(25)30(34)31(26)12-13-32/h5-11,14-16,26,32H,4,12-13,17H2,1-3H3. The van der Waals surface area contributed by atoms with Crippen LogP contribution in [0, 0.1) is 13.8 Å². The van der Waals surface area contributed by atoms with Crippen LogP contribution >= 0.6 is 0 Å². The number of fused-ring (bicyclic) bond motifs is 2. The Bertz CT molecular complexity index is 1530. The molecular weight excluding hydrogens is 470 g/mol. The molecule has 190 valence electrons. The topological polar surface area (TPSA) is 89.2 Å². The predicted octanol–water partition coefficient (Wildman–Crippen LogP) is 4.93. The van der Waals surface area contributed by atoms with E-state index in [-0.39, 0.29) is 29.9 Å². The Labute approximate surface area is 214 Å². The zero-order chi connectivity index (χ0) is 26.1. The number of ether oxygens (including phenoxy) is 2. The summed E-state index contributed by atoms with van der Waals surface area (Å²) in [5.41, 5.74) is 3.86. The molecule has 0 bridgehead atoms. The SMILES string of the molecule is CCOc1cc(C2c3c(oc4c(C)cc(C)cc4c3=O)C(=O)N2CCO)ccc1OCc1ccccc1. The number of rotatable bonds is 8. The van der Waals surface area contributed by atoms with Crippen LogP contribution in [0.1, 0.15) is 51.3 Å². The predicted molar refractivity (Wildman–Crippen MR) is 140 cm³/mol. The molecule has 0 fully saturated rings. The number of hydrogen-bond acceptors (Lipinski definition) is 6. The number of amides is 1. The van der Waals surface area contributed by atoms with Crippen molar-refractivity contribution in [1.82, 2.24) is 4.90 Å². The molecule has 3 aromatic carbocycles. The highest BCUT2D eigenvalue weighted by Crippen LogP contribution is 2.41. The number of hydrogen-bond donors (Lipinski definition) is 1. The van der Waals surface area contributed by atoms with Crippen molar-refractivity contribution < 1.29 is 23.8 Å². The van der Waals surface area contributed by atoms with E-state index in [2.05, 4.69) is 0 Å². The molecule has 1 aliphatic rings. The lowest BCUT2D eigenvalue weighted by Crippen LogP contribution is -2.32. The van der Waals surface area contributed by atoms with Crippen molar-refractivity contribution in [1.29, 1.82) is 0 Å². The van der Waals surface area contributed by atoms with Gasteiger partial charge in [-0.25, -0.2) is 0 Å². The first-order valence-electron chi connectivity index (χ1n) is 12.4. The summed E-state index contributed by atoms with van der Waals surface area (Å²) < 4.78 is 18.0. The van der Waals surface area contributed by atoms with Gasteiger partial charge in [0.2, 0.25) is 5.76 Å². The van der Waals surface area contributed by atoms with Gasteiger partial charge in [0.15, 0.2) is 16.9 Å². The van der Waals surface area contributed by atoms with Gasteiger partial charge in [0, 0.05) is 6.54 Å². The van der Waals surface area contributed by atoms with Gasteiger partial charge in [-0.2, -0.15) is 0 Å². The third kappa shape index (κ3) is 4.47. The number of carbonyl (C=O) groups is 1. The summed E-state index contributed by atoms with van der Waals surface area (Å²) in [6.45, 7) is 6.24. The minimum absolute atomic E-state index is 0.0188. The second kappa shape index (κ2) is 10.1. The molecule has 1 aromatic heterocycles. The van der Waals surface area contributed by atoms with Gasteiger partial charge in [0.1, 0.15) is 12.2 Å². The molecule has 0 radical (unpaired) electrons. The van der Waals surface area contributed by atoms with Crippen molar-refractivity contribution in [2.24, 2.45) is 0 Å². The fourth-order valence-electron chi connectivity index (χ4n) is 4.98. The van der Waals surface area contributed by atoms with Crippen LogP contribution in [0.25, 0.3) is 11.0 Å². The van der Waals surface area contributed by atoms with Crippen LogP contribution < -0.4 is 14.9 Å². The van der Waals surface area contributed by atoms with Crippen LogP contribution in [0.5, 0.6) is 11.5 Å². The number of aliphatic hydroxyl groups excluding tert-OH is 1. The molecule has 7 heteroatoms. The smallest absolute Gasteiger partial charge is 0.290 e. The first-order chi connectivity index (χ1) is 17.9. The van der Waals surface area contributed by atoms with E-state index in [1.54, 1.807) is 18.2 Å². The number of carbonyl (C=O) groups excluding carboxylic acids is 1. The average molecular weight is 500 g/mol. The maximum Gasteiger partial charge on any atom is 0.290 e. The molecular formula is C30H29NO6. The van der Waals surface area contributed by atoms with E-state index in [9.17, 15) is 14.7 Å². The maximum atomic E-state index is 13.8. The number of β-amino-alcohol motifs (C(OH)–C–C–N with tert-alkyl or cyclic N) is 1. The lowest BCUT2D eigenvalue weighted by molar-refractivity contribution is 0.0691. The number of benzene rings is 3. The summed E-state index contributed by atoms with van der Waals surface area (Å²) in [4.78, 5) is 28.7. The first-order valence-corrected chi connectivity index (χ1v) is 12.4. The molecule has 1 unspecified atom stereocenters. The highest BCUT2D eigenvalue weighted by atomic mass is 16.5. The Hall–Kier alpha value is -4.10. The van der Waals surface area contributed by atoms with E-state index in [0.717, 1.165) is 16.7 Å². The molecule has 1 aliphatic heterocycles. The van der Waals surface area contributed by atoms with E-state index in [0.29, 0.717) is 41.2 Å². The molecule has 2 heterocycles. The summed E-state index contributed by atoms with van der Waals surface area (Å²) in [5, 5.41) is 10.2. The minimum Gasteiger partial charge on any atom is -0.490 e. The number of aryl methyl sites for hydroxylation is 2. The van der Waals surface area contributed by atoms with Crippen molar-refractivity contribution in [2.75, 3.05) is 19.8 Å². The van der Waals surface area contributed by atoms with Crippen LogP contribution in [-0.2, 0) is 6.61 Å².